The summed E-state index contributed by atoms with van der Waals surface area (Å²) in [6, 6.07) is 1.66. The first-order valence-electron chi connectivity index (χ1n) is 4.96. The van der Waals surface area contributed by atoms with Crippen molar-refractivity contribution in [2.75, 3.05) is 6.61 Å². The highest BCUT2D eigenvalue weighted by Gasteiger charge is 2.15. The number of carbonyl (C=O) groups excluding carboxylic acids is 1. The summed E-state index contributed by atoms with van der Waals surface area (Å²) in [7, 11) is 0. The third-order valence-electron chi connectivity index (χ3n) is 1.95. The van der Waals surface area contributed by atoms with Crippen molar-refractivity contribution in [3.8, 4) is 0 Å². The first-order chi connectivity index (χ1) is 7.10. The molecule has 0 spiro atoms. The Morgan fingerprint density at radius 2 is 2.33 bits per heavy atom. The fourth-order valence-corrected chi connectivity index (χ4v) is 1.30. The summed E-state index contributed by atoms with van der Waals surface area (Å²) in [5.74, 6) is -0.452. The van der Waals surface area contributed by atoms with Gasteiger partial charge in [0.1, 0.15) is 0 Å². The van der Waals surface area contributed by atoms with Crippen LogP contribution in [0.15, 0.2) is 6.07 Å². The van der Waals surface area contributed by atoms with Crippen molar-refractivity contribution in [3.05, 3.63) is 17.5 Å². The number of aromatic nitrogens is 2. The Bertz CT molecular complexity index is 344. The molecule has 0 saturated carbocycles. The van der Waals surface area contributed by atoms with Crippen LogP contribution in [0.5, 0.6) is 0 Å². The normalized spacial score (nSPS) is 10.7. The van der Waals surface area contributed by atoms with Gasteiger partial charge in [-0.1, -0.05) is 0 Å². The van der Waals surface area contributed by atoms with Gasteiger partial charge in [0.15, 0.2) is 5.69 Å². The van der Waals surface area contributed by atoms with Crippen LogP contribution in [0.4, 0.5) is 0 Å². The van der Waals surface area contributed by atoms with E-state index in [2.05, 4.69) is 5.10 Å². The predicted molar refractivity (Wildman–Crippen MR) is 54.5 cm³/mol. The largest absolute Gasteiger partial charge is 0.461 e. The highest BCUT2D eigenvalue weighted by molar-refractivity contribution is 5.87. The average molecular weight is 212 g/mol. The minimum atomic E-state index is -0.452. The predicted octanol–water partition coefficient (Wildman–Crippen LogP) is 1.13. The molecule has 0 fully saturated rings. The van der Waals surface area contributed by atoms with Crippen LogP contribution in [0.25, 0.3) is 0 Å². The number of aliphatic hydroxyl groups excluding tert-OH is 1. The molecule has 0 atom stereocenters. The van der Waals surface area contributed by atoms with Crippen molar-refractivity contribution in [3.63, 3.8) is 0 Å². The standard InChI is InChI=1S/C10H16N2O3/c1-4-15-10(14)9-5-8(6-13)12(11-9)7(2)3/h5,7,13H,4,6H2,1-3H3. The first kappa shape index (κ1) is 11.7. The molecule has 0 saturated heterocycles. The van der Waals surface area contributed by atoms with E-state index in [0.717, 1.165) is 0 Å². The van der Waals surface area contributed by atoms with Crippen LogP contribution >= 0.6 is 0 Å². The van der Waals surface area contributed by atoms with Gasteiger partial charge in [-0.15, -0.1) is 0 Å². The number of hydrogen-bond acceptors (Lipinski definition) is 4. The van der Waals surface area contributed by atoms with Crippen molar-refractivity contribution in [2.45, 2.75) is 33.4 Å². The number of rotatable bonds is 4. The highest BCUT2D eigenvalue weighted by Crippen LogP contribution is 2.12. The van der Waals surface area contributed by atoms with Crippen LogP contribution in [-0.4, -0.2) is 27.5 Å². The number of aliphatic hydroxyl groups is 1. The van der Waals surface area contributed by atoms with Crippen LogP contribution in [0, 0.1) is 0 Å². The molecule has 0 unspecified atom stereocenters. The second kappa shape index (κ2) is 4.93. The van der Waals surface area contributed by atoms with E-state index in [1.165, 1.54) is 0 Å². The molecule has 0 aliphatic carbocycles. The van der Waals surface area contributed by atoms with Crippen LogP contribution in [0.2, 0.25) is 0 Å². The van der Waals surface area contributed by atoms with E-state index < -0.39 is 5.97 Å². The molecule has 0 aliphatic rings. The molecule has 84 valence electrons. The summed E-state index contributed by atoms with van der Waals surface area (Å²) in [4.78, 5) is 11.4. The summed E-state index contributed by atoms with van der Waals surface area (Å²) >= 11 is 0. The van der Waals surface area contributed by atoms with Gasteiger partial charge >= 0.3 is 5.97 Å². The van der Waals surface area contributed by atoms with E-state index in [1.54, 1.807) is 17.7 Å². The van der Waals surface area contributed by atoms with Crippen molar-refractivity contribution in [1.82, 2.24) is 9.78 Å². The first-order valence-corrected chi connectivity index (χ1v) is 4.96. The zero-order valence-electron chi connectivity index (χ0n) is 9.23. The van der Waals surface area contributed by atoms with E-state index in [-0.39, 0.29) is 18.3 Å². The molecule has 0 aromatic carbocycles. The van der Waals surface area contributed by atoms with Crippen molar-refractivity contribution in [1.29, 1.82) is 0 Å². The van der Waals surface area contributed by atoms with Gasteiger partial charge in [-0.3, -0.25) is 4.68 Å². The number of esters is 1. The molecule has 5 heteroatoms. The fourth-order valence-electron chi connectivity index (χ4n) is 1.30. The fraction of sp³-hybridized carbons (Fsp3) is 0.600. The van der Waals surface area contributed by atoms with Crippen LogP contribution in [-0.2, 0) is 11.3 Å². The van der Waals surface area contributed by atoms with Gasteiger partial charge in [0.05, 0.1) is 18.9 Å². The Labute approximate surface area is 88.7 Å². The summed E-state index contributed by atoms with van der Waals surface area (Å²) in [5.41, 5.74) is 0.864. The average Bonchev–Trinajstić information content (AvgIpc) is 2.61. The van der Waals surface area contributed by atoms with Crippen LogP contribution in [0.3, 0.4) is 0 Å². The molecule has 1 aromatic heterocycles. The minimum absolute atomic E-state index is 0.107. The van der Waals surface area contributed by atoms with Gasteiger partial charge in [-0.05, 0) is 26.8 Å². The van der Waals surface area contributed by atoms with Crippen molar-refractivity contribution in [2.24, 2.45) is 0 Å². The molecule has 1 N–H and O–H groups in total. The summed E-state index contributed by atoms with van der Waals surface area (Å²) in [5, 5.41) is 13.2. The molecular formula is C10H16N2O3. The zero-order chi connectivity index (χ0) is 11.4. The number of ether oxygens (including phenoxy) is 1. The molecule has 0 aliphatic heterocycles. The Hall–Kier alpha value is -1.36. The smallest absolute Gasteiger partial charge is 0.358 e. The SMILES string of the molecule is CCOC(=O)c1cc(CO)n(C(C)C)n1. The van der Waals surface area contributed by atoms with E-state index >= 15 is 0 Å². The summed E-state index contributed by atoms with van der Waals surface area (Å²) < 4.78 is 6.44. The van der Waals surface area contributed by atoms with E-state index in [4.69, 9.17) is 9.84 Å². The summed E-state index contributed by atoms with van der Waals surface area (Å²) in [6.45, 7) is 5.79. The maximum absolute atomic E-state index is 11.4. The Morgan fingerprint density at radius 1 is 1.67 bits per heavy atom. The van der Waals surface area contributed by atoms with Gasteiger partial charge in [-0.25, -0.2) is 4.79 Å². The molecule has 1 rings (SSSR count). The number of hydrogen-bond donors (Lipinski definition) is 1. The van der Waals surface area contributed by atoms with Crippen molar-refractivity contribution >= 4 is 5.97 Å². The highest BCUT2D eigenvalue weighted by atomic mass is 16.5. The molecule has 1 heterocycles. The Kier molecular flexibility index (Phi) is 3.85. The van der Waals surface area contributed by atoms with E-state index in [1.807, 2.05) is 13.8 Å². The topological polar surface area (TPSA) is 64.3 Å². The molecule has 1 aromatic rings. The van der Waals surface area contributed by atoms with E-state index in [0.29, 0.717) is 12.3 Å². The summed E-state index contributed by atoms with van der Waals surface area (Å²) in [6.07, 6.45) is 0. The van der Waals surface area contributed by atoms with E-state index in [9.17, 15) is 4.79 Å². The zero-order valence-corrected chi connectivity index (χ0v) is 9.23. The van der Waals surface area contributed by atoms with Gasteiger partial charge in [0.2, 0.25) is 0 Å². The lowest BCUT2D eigenvalue weighted by molar-refractivity contribution is 0.0518. The number of nitrogens with zero attached hydrogens (tertiary/aromatic N) is 2. The lowest BCUT2D eigenvalue weighted by Crippen LogP contribution is -2.09. The quantitative estimate of drug-likeness (QED) is 0.760. The Morgan fingerprint density at radius 3 is 2.73 bits per heavy atom. The minimum Gasteiger partial charge on any atom is -0.461 e. The third kappa shape index (κ3) is 2.56. The van der Waals surface area contributed by atoms with Gasteiger partial charge in [0, 0.05) is 6.04 Å². The molecule has 0 radical (unpaired) electrons. The Balaban J connectivity index is 2.97. The lowest BCUT2D eigenvalue weighted by atomic mass is 10.3. The third-order valence-corrected chi connectivity index (χ3v) is 1.95. The van der Waals surface area contributed by atoms with Crippen molar-refractivity contribution < 1.29 is 14.6 Å². The molecule has 0 bridgehead atoms. The van der Waals surface area contributed by atoms with Crippen LogP contribution in [0.1, 0.15) is 43.0 Å². The van der Waals surface area contributed by atoms with Gasteiger partial charge < -0.3 is 9.84 Å². The number of carbonyl (C=O) groups is 1. The molecule has 5 nitrogen and oxygen atoms in total. The maximum atomic E-state index is 11.4. The van der Waals surface area contributed by atoms with Gasteiger partial charge in [0.25, 0.3) is 0 Å². The second-order valence-electron chi connectivity index (χ2n) is 3.44. The molecule has 0 amide bonds. The monoisotopic (exact) mass is 212 g/mol. The lowest BCUT2D eigenvalue weighted by Gasteiger charge is -2.08. The maximum Gasteiger partial charge on any atom is 0.358 e. The molecule has 15 heavy (non-hydrogen) atoms. The van der Waals surface area contributed by atoms with Gasteiger partial charge in [-0.2, -0.15) is 5.10 Å². The second-order valence-corrected chi connectivity index (χ2v) is 3.44. The van der Waals surface area contributed by atoms with Crippen LogP contribution < -0.4 is 0 Å². The molecular weight excluding hydrogens is 196 g/mol.